The lowest BCUT2D eigenvalue weighted by atomic mass is 9.97. The van der Waals surface area contributed by atoms with E-state index in [9.17, 15) is 4.79 Å². The van der Waals surface area contributed by atoms with Crippen LogP contribution in [0.25, 0.3) is 0 Å². The summed E-state index contributed by atoms with van der Waals surface area (Å²) in [7, 11) is 6.92. The molecule has 112 valence electrons. The van der Waals surface area contributed by atoms with Crippen LogP contribution in [0.15, 0.2) is 0 Å². The maximum Gasteiger partial charge on any atom is 0.311 e. The Labute approximate surface area is 118 Å². The first kappa shape index (κ1) is 16.4. The molecule has 0 bridgehead atoms. The van der Waals surface area contributed by atoms with E-state index in [1.54, 1.807) is 0 Å². The number of ether oxygens (including phenoxy) is 1. The highest BCUT2D eigenvalue weighted by molar-refractivity contribution is 5.75. The zero-order valence-electron chi connectivity index (χ0n) is 13.7. The minimum atomic E-state index is -0.384. The number of quaternary nitrogens is 2. The Kier molecular flexibility index (Phi) is 5.02. The van der Waals surface area contributed by atoms with Crippen molar-refractivity contribution in [2.45, 2.75) is 27.2 Å². The van der Waals surface area contributed by atoms with Crippen LogP contribution in [0.1, 0.15) is 27.2 Å². The Bertz CT molecular complexity index is 309. The lowest BCUT2D eigenvalue weighted by Gasteiger charge is -2.44. The topological polar surface area (TPSA) is 26.3 Å². The molecule has 1 aliphatic rings. The quantitative estimate of drug-likeness (QED) is 0.440. The molecule has 0 spiro atoms. The molecule has 19 heavy (non-hydrogen) atoms. The number of likely N-dealkylation sites (N-methyl/N-ethyl adjacent to an activating group) is 2. The molecule has 0 unspecified atom stereocenters. The first-order valence-electron chi connectivity index (χ1n) is 7.37. The van der Waals surface area contributed by atoms with Crippen LogP contribution in [0.5, 0.6) is 0 Å². The van der Waals surface area contributed by atoms with Crippen LogP contribution in [0.4, 0.5) is 0 Å². The minimum Gasteiger partial charge on any atom is -0.465 e. The molecule has 0 atom stereocenters. The van der Waals surface area contributed by atoms with E-state index in [2.05, 4.69) is 21.1 Å². The zero-order valence-corrected chi connectivity index (χ0v) is 13.7. The second-order valence-electron chi connectivity index (χ2n) is 7.91. The van der Waals surface area contributed by atoms with Crippen LogP contribution in [0, 0.1) is 5.41 Å². The van der Waals surface area contributed by atoms with E-state index in [0.29, 0.717) is 6.61 Å². The van der Waals surface area contributed by atoms with Crippen LogP contribution in [0.3, 0.4) is 0 Å². The Morgan fingerprint density at radius 2 is 1.58 bits per heavy atom. The number of hydrogen-bond donors (Lipinski definition) is 0. The van der Waals surface area contributed by atoms with Crippen LogP contribution >= 0.6 is 0 Å². The molecule has 1 saturated heterocycles. The van der Waals surface area contributed by atoms with Gasteiger partial charge in [0.2, 0.25) is 0 Å². The van der Waals surface area contributed by atoms with Crippen LogP contribution in [-0.4, -0.2) is 75.4 Å². The van der Waals surface area contributed by atoms with Crippen molar-refractivity contribution in [2.75, 3.05) is 60.5 Å². The first-order chi connectivity index (χ1) is 8.54. The zero-order chi connectivity index (χ0) is 14.7. The first-order valence-corrected chi connectivity index (χ1v) is 7.37. The molecule has 0 amide bonds. The third-order valence-corrected chi connectivity index (χ3v) is 4.18. The highest BCUT2D eigenvalue weighted by Crippen LogP contribution is 2.16. The van der Waals surface area contributed by atoms with Crippen molar-refractivity contribution in [1.82, 2.24) is 0 Å². The third-order valence-electron chi connectivity index (χ3n) is 4.18. The Morgan fingerprint density at radius 3 is 2.05 bits per heavy atom. The minimum absolute atomic E-state index is 0.0911. The van der Waals surface area contributed by atoms with Gasteiger partial charge in [-0.25, -0.2) is 0 Å². The van der Waals surface area contributed by atoms with Gasteiger partial charge in [0, 0.05) is 6.42 Å². The molecule has 1 rings (SSSR count). The molecule has 0 aliphatic carbocycles. The molecule has 4 nitrogen and oxygen atoms in total. The van der Waals surface area contributed by atoms with Gasteiger partial charge in [-0.2, -0.15) is 0 Å². The molecule has 0 radical (unpaired) electrons. The van der Waals surface area contributed by atoms with E-state index in [0.717, 1.165) is 21.9 Å². The summed E-state index contributed by atoms with van der Waals surface area (Å²) >= 11 is 0. The second kappa shape index (κ2) is 5.80. The Balaban J connectivity index is 2.25. The molecule has 1 heterocycles. The van der Waals surface area contributed by atoms with Gasteiger partial charge >= 0.3 is 5.97 Å². The number of piperazine rings is 1. The van der Waals surface area contributed by atoms with Crippen molar-refractivity contribution in [2.24, 2.45) is 5.41 Å². The summed E-state index contributed by atoms with van der Waals surface area (Å²) in [4.78, 5) is 11.7. The van der Waals surface area contributed by atoms with Crippen LogP contribution in [0.2, 0.25) is 0 Å². The van der Waals surface area contributed by atoms with E-state index < -0.39 is 0 Å². The van der Waals surface area contributed by atoms with Gasteiger partial charge in [-0.15, -0.1) is 0 Å². The summed E-state index contributed by atoms with van der Waals surface area (Å²) in [5.41, 5.74) is -0.384. The van der Waals surface area contributed by atoms with Crippen LogP contribution < -0.4 is 0 Å². The van der Waals surface area contributed by atoms with Crippen molar-refractivity contribution in [3.63, 3.8) is 0 Å². The summed E-state index contributed by atoms with van der Waals surface area (Å²) in [6.45, 7) is 12.3. The number of nitrogens with zero attached hydrogens (tertiary/aromatic N) is 2. The van der Waals surface area contributed by atoms with Crippen LogP contribution in [-0.2, 0) is 9.53 Å². The Morgan fingerprint density at radius 1 is 1.05 bits per heavy atom. The average Bonchev–Trinajstić information content (AvgIpc) is 2.28. The van der Waals surface area contributed by atoms with Gasteiger partial charge in [-0.1, -0.05) is 0 Å². The van der Waals surface area contributed by atoms with E-state index in [4.69, 9.17) is 4.74 Å². The summed E-state index contributed by atoms with van der Waals surface area (Å²) in [5, 5.41) is 0. The van der Waals surface area contributed by atoms with E-state index >= 15 is 0 Å². The number of hydrogen-bond acceptors (Lipinski definition) is 2. The number of esters is 1. The highest BCUT2D eigenvalue weighted by atomic mass is 16.5. The fourth-order valence-corrected chi connectivity index (χ4v) is 2.30. The van der Waals surface area contributed by atoms with Gasteiger partial charge in [0.15, 0.2) is 0 Å². The molecular formula is C15H32N2O2+2. The van der Waals surface area contributed by atoms with Gasteiger partial charge in [0.25, 0.3) is 0 Å². The van der Waals surface area contributed by atoms with Crippen molar-refractivity contribution in [3.8, 4) is 0 Å². The van der Waals surface area contributed by atoms with Gasteiger partial charge in [0.05, 0.1) is 39.7 Å². The fourth-order valence-electron chi connectivity index (χ4n) is 2.30. The maximum atomic E-state index is 11.7. The third kappa shape index (κ3) is 5.49. The lowest BCUT2D eigenvalue weighted by molar-refractivity contribution is -1.01. The molecule has 0 aromatic carbocycles. The molecule has 0 saturated carbocycles. The smallest absolute Gasteiger partial charge is 0.311 e. The lowest BCUT2D eigenvalue weighted by Crippen LogP contribution is -2.62. The molecule has 0 N–H and O–H groups in total. The van der Waals surface area contributed by atoms with Gasteiger partial charge < -0.3 is 13.7 Å². The van der Waals surface area contributed by atoms with Crippen molar-refractivity contribution in [1.29, 1.82) is 0 Å². The largest absolute Gasteiger partial charge is 0.465 e. The molecule has 1 aliphatic heterocycles. The Hall–Kier alpha value is -0.610. The number of carbonyl (C=O) groups is 1. The normalized spacial score (nSPS) is 22.0. The van der Waals surface area contributed by atoms with Gasteiger partial charge in [-0.05, 0) is 20.8 Å². The van der Waals surface area contributed by atoms with Crippen molar-refractivity contribution in [3.05, 3.63) is 0 Å². The average molecular weight is 272 g/mol. The summed E-state index contributed by atoms with van der Waals surface area (Å²) in [5.74, 6) is -0.0911. The van der Waals surface area contributed by atoms with Crippen molar-refractivity contribution < 1.29 is 18.5 Å². The van der Waals surface area contributed by atoms with E-state index in [1.165, 1.54) is 26.2 Å². The monoisotopic (exact) mass is 272 g/mol. The van der Waals surface area contributed by atoms with Gasteiger partial charge in [-0.3, -0.25) is 4.79 Å². The number of rotatable bonds is 4. The van der Waals surface area contributed by atoms with Gasteiger partial charge in [0.1, 0.15) is 26.2 Å². The predicted octanol–water partition coefficient (Wildman–Crippen LogP) is 1.50. The van der Waals surface area contributed by atoms with Crippen molar-refractivity contribution >= 4 is 5.97 Å². The standard InChI is InChI=1S/C15H32N2O2/c1-15(2,3)14(18)19-13-7-8-17(6)11-9-16(4,5)10-12-17/h7-13H2,1-6H3/q+2. The van der Waals surface area contributed by atoms with E-state index in [1.807, 2.05) is 20.8 Å². The summed E-state index contributed by atoms with van der Waals surface area (Å²) < 4.78 is 7.58. The molecule has 0 aromatic heterocycles. The molecule has 4 heteroatoms. The molecule has 1 fully saturated rings. The molecule has 0 aromatic rings. The number of carbonyl (C=O) groups excluding carboxylic acids is 1. The summed E-state index contributed by atoms with van der Waals surface area (Å²) in [6.07, 6.45) is 0.964. The van der Waals surface area contributed by atoms with E-state index in [-0.39, 0.29) is 11.4 Å². The highest BCUT2D eigenvalue weighted by Gasteiger charge is 2.34. The maximum absolute atomic E-state index is 11.7. The fraction of sp³-hybridized carbons (Fsp3) is 0.933. The summed E-state index contributed by atoms with van der Waals surface area (Å²) in [6, 6.07) is 0. The predicted molar refractivity (Wildman–Crippen MR) is 77.7 cm³/mol. The second-order valence-corrected chi connectivity index (χ2v) is 7.91. The molecular weight excluding hydrogens is 240 g/mol. The SMILES string of the molecule is CC(C)(C)C(=O)OCCC[N+]1(C)CC[N+](C)(C)CC1.